The molecule has 0 amide bonds. The molecule has 0 aromatic rings. The van der Waals surface area contributed by atoms with Crippen molar-refractivity contribution >= 4 is 11.7 Å². The highest BCUT2D eigenvalue weighted by Gasteiger charge is 2.44. The Kier molecular flexibility index (Phi) is 2.91. The van der Waals surface area contributed by atoms with Gasteiger partial charge < -0.3 is 9.94 Å². The SMILES string of the molecule is CC1CCCC(C2=NOC(C)(C(=O)O)C2)C1. The second-order valence-electron chi connectivity index (χ2n) is 5.36. The Hall–Kier alpha value is -1.06. The van der Waals surface area contributed by atoms with Crippen LogP contribution in [0.5, 0.6) is 0 Å². The van der Waals surface area contributed by atoms with Crippen LogP contribution in [0.3, 0.4) is 0 Å². The van der Waals surface area contributed by atoms with E-state index in [4.69, 9.17) is 9.94 Å². The minimum absolute atomic E-state index is 0.435. The maximum absolute atomic E-state index is 11.0. The van der Waals surface area contributed by atoms with Gasteiger partial charge in [-0.15, -0.1) is 0 Å². The Balaban J connectivity index is 2.00. The summed E-state index contributed by atoms with van der Waals surface area (Å²) in [6, 6.07) is 0. The van der Waals surface area contributed by atoms with Gasteiger partial charge in [0.2, 0.25) is 5.60 Å². The van der Waals surface area contributed by atoms with Crippen LogP contribution >= 0.6 is 0 Å². The van der Waals surface area contributed by atoms with E-state index in [2.05, 4.69) is 12.1 Å². The van der Waals surface area contributed by atoms with E-state index in [0.717, 1.165) is 24.5 Å². The Morgan fingerprint density at radius 1 is 1.56 bits per heavy atom. The summed E-state index contributed by atoms with van der Waals surface area (Å²) in [5.41, 5.74) is -0.174. The fourth-order valence-corrected chi connectivity index (χ4v) is 2.64. The Labute approximate surface area is 95.7 Å². The van der Waals surface area contributed by atoms with Crippen LogP contribution in [-0.2, 0) is 9.63 Å². The zero-order chi connectivity index (χ0) is 11.8. The van der Waals surface area contributed by atoms with Crippen molar-refractivity contribution in [3.05, 3.63) is 0 Å². The molecule has 1 aliphatic carbocycles. The fraction of sp³-hybridized carbons (Fsp3) is 0.833. The molecule has 2 aliphatic rings. The molecule has 0 aromatic carbocycles. The van der Waals surface area contributed by atoms with Crippen molar-refractivity contribution in [1.82, 2.24) is 0 Å². The van der Waals surface area contributed by atoms with Crippen LogP contribution in [0.4, 0.5) is 0 Å². The maximum atomic E-state index is 11.0. The smallest absolute Gasteiger partial charge is 0.351 e. The highest BCUT2D eigenvalue weighted by molar-refractivity contribution is 5.94. The minimum Gasteiger partial charge on any atom is -0.478 e. The van der Waals surface area contributed by atoms with E-state index in [0.29, 0.717) is 12.3 Å². The van der Waals surface area contributed by atoms with Gasteiger partial charge in [0.15, 0.2) is 0 Å². The molecule has 3 atom stereocenters. The predicted octanol–water partition coefficient (Wildman–Crippen LogP) is 2.43. The van der Waals surface area contributed by atoms with Crippen LogP contribution in [0, 0.1) is 11.8 Å². The van der Waals surface area contributed by atoms with Crippen molar-refractivity contribution in [2.45, 2.75) is 51.6 Å². The van der Waals surface area contributed by atoms with Gasteiger partial charge in [0.1, 0.15) is 0 Å². The van der Waals surface area contributed by atoms with Crippen LogP contribution in [-0.4, -0.2) is 22.4 Å². The van der Waals surface area contributed by atoms with E-state index < -0.39 is 11.6 Å². The minimum atomic E-state index is -1.13. The molecule has 1 saturated carbocycles. The van der Waals surface area contributed by atoms with Gasteiger partial charge in [0, 0.05) is 12.3 Å². The average Bonchev–Trinajstić information content (AvgIpc) is 2.62. The summed E-state index contributed by atoms with van der Waals surface area (Å²) < 4.78 is 0. The Morgan fingerprint density at radius 2 is 2.31 bits per heavy atom. The van der Waals surface area contributed by atoms with Crippen molar-refractivity contribution < 1.29 is 14.7 Å². The number of carboxylic acids is 1. The number of aliphatic carboxylic acids is 1. The first-order valence-corrected chi connectivity index (χ1v) is 5.99. The summed E-state index contributed by atoms with van der Waals surface area (Å²) in [4.78, 5) is 16.1. The topological polar surface area (TPSA) is 58.9 Å². The van der Waals surface area contributed by atoms with Crippen molar-refractivity contribution in [3.63, 3.8) is 0 Å². The predicted molar refractivity (Wildman–Crippen MR) is 60.3 cm³/mol. The standard InChI is InChI=1S/C12H19NO3/c1-8-4-3-5-9(6-8)10-7-12(2,11(14)15)16-13-10/h8-9H,3-7H2,1-2H3,(H,14,15). The molecule has 1 aliphatic heterocycles. The summed E-state index contributed by atoms with van der Waals surface area (Å²) >= 11 is 0. The van der Waals surface area contributed by atoms with Gasteiger partial charge in [0.05, 0.1) is 5.71 Å². The average molecular weight is 225 g/mol. The second kappa shape index (κ2) is 4.07. The monoisotopic (exact) mass is 225 g/mol. The van der Waals surface area contributed by atoms with E-state index in [-0.39, 0.29) is 0 Å². The summed E-state index contributed by atoms with van der Waals surface area (Å²) in [7, 11) is 0. The summed E-state index contributed by atoms with van der Waals surface area (Å²) in [5, 5.41) is 13.0. The number of rotatable bonds is 2. The quantitative estimate of drug-likeness (QED) is 0.785. The van der Waals surface area contributed by atoms with E-state index >= 15 is 0 Å². The van der Waals surface area contributed by atoms with Crippen LogP contribution in [0.15, 0.2) is 5.16 Å². The third-order valence-electron chi connectivity index (χ3n) is 3.74. The van der Waals surface area contributed by atoms with Crippen LogP contribution in [0.25, 0.3) is 0 Å². The number of carboxylic acid groups (broad SMARTS) is 1. The normalized spacial score (nSPS) is 39.0. The van der Waals surface area contributed by atoms with E-state index in [1.807, 2.05) is 0 Å². The molecular formula is C12H19NO3. The molecule has 3 unspecified atom stereocenters. The zero-order valence-electron chi connectivity index (χ0n) is 9.90. The molecule has 90 valence electrons. The van der Waals surface area contributed by atoms with Crippen molar-refractivity contribution in [1.29, 1.82) is 0 Å². The van der Waals surface area contributed by atoms with Gasteiger partial charge in [-0.1, -0.05) is 24.9 Å². The van der Waals surface area contributed by atoms with Gasteiger partial charge in [-0.05, 0) is 25.7 Å². The van der Waals surface area contributed by atoms with E-state index in [1.54, 1.807) is 6.92 Å². The number of nitrogens with zero attached hydrogens (tertiary/aromatic N) is 1. The number of carbonyl (C=O) groups is 1. The zero-order valence-corrected chi connectivity index (χ0v) is 9.90. The van der Waals surface area contributed by atoms with Gasteiger partial charge >= 0.3 is 5.97 Å². The number of oxime groups is 1. The van der Waals surface area contributed by atoms with E-state index in [1.165, 1.54) is 12.8 Å². The molecule has 2 rings (SSSR count). The third kappa shape index (κ3) is 2.06. The molecule has 1 N–H and O–H groups in total. The lowest BCUT2D eigenvalue weighted by Crippen LogP contribution is -2.36. The molecule has 0 aromatic heterocycles. The molecule has 0 radical (unpaired) electrons. The van der Waals surface area contributed by atoms with Gasteiger partial charge in [-0.3, -0.25) is 0 Å². The highest BCUT2D eigenvalue weighted by atomic mass is 16.7. The molecular weight excluding hydrogens is 206 g/mol. The summed E-state index contributed by atoms with van der Waals surface area (Å²) in [6.45, 7) is 3.84. The fourth-order valence-electron chi connectivity index (χ4n) is 2.64. The van der Waals surface area contributed by atoms with Crippen molar-refractivity contribution in [2.24, 2.45) is 17.0 Å². The first-order valence-electron chi connectivity index (χ1n) is 5.99. The van der Waals surface area contributed by atoms with Crippen LogP contribution in [0.2, 0.25) is 0 Å². The lowest BCUT2D eigenvalue weighted by Gasteiger charge is -2.26. The van der Waals surface area contributed by atoms with E-state index in [9.17, 15) is 4.79 Å². The molecule has 16 heavy (non-hydrogen) atoms. The summed E-state index contributed by atoms with van der Waals surface area (Å²) in [6.07, 6.45) is 5.19. The van der Waals surface area contributed by atoms with Crippen molar-refractivity contribution in [2.75, 3.05) is 0 Å². The maximum Gasteiger partial charge on any atom is 0.351 e. The van der Waals surface area contributed by atoms with Gasteiger partial charge in [-0.2, -0.15) is 0 Å². The molecule has 0 bridgehead atoms. The van der Waals surface area contributed by atoms with Gasteiger partial charge in [0.25, 0.3) is 0 Å². The molecule has 0 saturated heterocycles. The molecule has 1 heterocycles. The Bertz CT molecular complexity index is 326. The van der Waals surface area contributed by atoms with Crippen molar-refractivity contribution in [3.8, 4) is 0 Å². The third-order valence-corrected chi connectivity index (χ3v) is 3.74. The Morgan fingerprint density at radius 3 is 2.88 bits per heavy atom. The molecule has 0 spiro atoms. The highest BCUT2D eigenvalue weighted by Crippen LogP contribution is 2.35. The molecule has 4 heteroatoms. The van der Waals surface area contributed by atoms with Crippen LogP contribution < -0.4 is 0 Å². The first-order chi connectivity index (χ1) is 7.51. The first kappa shape index (κ1) is 11.4. The van der Waals surface area contributed by atoms with Gasteiger partial charge in [-0.25, -0.2) is 4.79 Å². The largest absolute Gasteiger partial charge is 0.478 e. The molecule has 4 nitrogen and oxygen atoms in total. The molecule has 1 fully saturated rings. The number of hydrogen-bond donors (Lipinski definition) is 1. The number of hydrogen-bond acceptors (Lipinski definition) is 3. The second-order valence-corrected chi connectivity index (χ2v) is 5.36. The summed E-state index contributed by atoms with van der Waals surface area (Å²) in [5.74, 6) is 0.234. The lowest BCUT2D eigenvalue weighted by atomic mass is 9.78. The lowest BCUT2D eigenvalue weighted by molar-refractivity contribution is -0.160. The van der Waals surface area contributed by atoms with Crippen LogP contribution in [0.1, 0.15) is 46.0 Å².